The van der Waals surface area contributed by atoms with Crippen LogP contribution in [0.2, 0.25) is 0 Å². The number of halogens is 1. The zero-order valence-electron chi connectivity index (χ0n) is 13.7. The van der Waals surface area contributed by atoms with E-state index in [1.807, 2.05) is 13.0 Å². The van der Waals surface area contributed by atoms with Crippen molar-refractivity contribution in [1.29, 1.82) is 0 Å². The number of hydrogen-bond donors (Lipinski definition) is 1. The fraction of sp³-hybridized carbons (Fsp3) is 0.111. The number of fused-ring (bicyclic) bond motifs is 1. The van der Waals surface area contributed by atoms with Crippen LogP contribution in [0.15, 0.2) is 51.7 Å². The highest BCUT2D eigenvalue weighted by Crippen LogP contribution is 2.31. The second kappa shape index (κ2) is 6.40. The quantitative estimate of drug-likeness (QED) is 0.607. The number of aromatic amines is 1. The predicted molar refractivity (Wildman–Crippen MR) is 91.1 cm³/mol. The summed E-state index contributed by atoms with van der Waals surface area (Å²) in [5.41, 5.74) is 1.58. The Morgan fingerprint density at radius 1 is 1.19 bits per heavy atom. The molecule has 0 aliphatic carbocycles. The molecule has 7 nitrogen and oxygen atoms in total. The Balaban J connectivity index is 1.89. The summed E-state index contributed by atoms with van der Waals surface area (Å²) in [6.45, 7) is 1.84. The van der Waals surface area contributed by atoms with E-state index >= 15 is 0 Å². The van der Waals surface area contributed by atoms with Gasteiger partial charge in [-0.05, 0) is 48.9 Å². The number of aromatic nitrogens is 4. The first kappa shape index (κ1) is 15.9. The third-order valence-corrected chi connectivity index (χ3v) is 3.85. The van der Waals surface area contributed by atoms with E-state index in [-0.39, 0.29) is 29.4 Å². The molecule has 0 aliphatic heterocycles. The Hall–Kier alpha value is -3.55. The van der Waals surface area contributed by atoms with Gasteiger partial charge in [0.2, 0.25) is 17.0 Å². The summed E-state index contributed by atoms with van der Waals surface area (Å²) in [7, 11) is 0. The smallest absolute Gasteiger partial charge is 0.235 e. The first-order valence-electron chi connectivity index (χ1n) is 7.80. The van der Waals surface area contributed by atoms with E-state index in [1.54, 1.807) is 12.1 Å². The standard InChI is InChI=1S/C18H13FN4O3/c1-10-2-7-13-14(8-10)26-17(11-3-5-12(19)6-4-11)18(16(13)24)25-9-15-20-22-23-21-15/h2-8H,9H2,1H3,(H,20,21,22,23). The minimum Gasteiger partial charge on any atom is -0.478 e. The number of H-pyrrole nitrogens is 1. The van der Waals surface area contributed by atoms with Crippen molar-refractivity contribution in [2.45, 2.75) is 13.5 Å². The van der Waals surface area contributed by atoms with E-state index in [1.165, 1.54) is 24.3 Å². The van der Waals surface area contributed by atoms with E-state index in [4.69, 9.17) is 9.15 Å². The van der Waals surface area contributed by atoms with Crippen LogP contribution < -0.4 is 10.2 Å². The molecule has 130 valence electrons. The van der Waals surface area contributed by atoms with Gasteiger partial charge in [0, 0.05) is 5.56 Å². The number of tetrazole rings is 1. The fourth-order valence-electron chi connectivity index (χ4n) is 2.59. The summed E-state index contributed by atoms with van der Waals surface area (Å²) >= 11 is 0. The monoisotopic (exact) mass is 352 g/mol. The summed E-state index contributed by atoms with van der Waals surface area (Å²) in [4.78, 5) is 12.9. The van der Waals surface area contributed by atoms with Gasteiger partial charge >= 0.3 is 0 Å². The van der Waals surface area contributed by atoms with E-state index in [9.17, 15) is 9.18 Å². The molecule has 0 fully saturated rings. The van der Waals surface area contributed by atoms with Gasteiger partial charge in [0.25, 0.3) is 0 Å². The maximum absolute atomic E-state index is 13.3. The van der Waals surface area contributed by atoms with Crippen molar-refractivity contribution >= 4 is 11.0 Å². The van der Waals surface area contributed by atoms with Crippen LogP contribution in [0.5, 0.6) is 5.75 Å². The van der Waals surface area contributed by atoms with Crippen LogP contribution >= 0.6 is 0 Å². The van der Waals surface area contributed by atoms with Crippen molar-refractivity contribution in [1.82, 2.24) is 20.6 Å². The highest BCUT2D eigenvalue weighted by Gasteiger charge is 2.18. The van der Waals surface area contributed by atoms with Gasteiger partial charge in [-0.1, -0.05) is 11.3 Å². The lowest BCUT2D eigenvalue weighted by Gasteiger charge is -2.11. The van der Waals surface area contributed by atoms with Crippen molar-refractivity contribution in [3.63, 3.8) is 0 Å². The van der Waals surface area contributed by atoms with Gasteiger partial charge in [-0.2, -0.15) is 5.21 Å². The van der Waals surface area contributed by atoms with Gasteiger partial charge in [-0.15, -0.1) is 10.2 Å². The maximum atomic E-state index is 13.3. The molecule has 0 saturated heterocycles. The van der Waals surface area contributed by atoms with Crippen molar-refractivity contribution < 1.29 is 13.5 Å². The number of rotatable bonds is 4. The van der Waals surface area contributed by atoms with E-state index in [0.29, 0.717) is 22.4 Å². The second-order valence-electron chi connectivity index (χ2n) is 5.71. The van der Waals surface area contributed by atoms with Gasteiger partial charge in [-0.3, -0.25) is 4.79 Å². The number of aryl methyl sites for hydroxylation is 1. The predicted octanol–water partition coefficient (Wildman–Crippen LogP) is 3.00. The van der Waals surface area contributed by atoms with Gasteiger partial charge in [0.15, 0.2) is 12.4 Å². The molecule has 1 N–H and O–H groups in total. The third-order valence-electron chi connectivity index (χ3n) is 3.85. The van der Waals surface area contributed by atoms with Crippen LogP contribution in [0.1, 0.15) is 11.4 Å². The summed E-state index contributed by atoms with van der Waals surface area (Å²) in [6, 6.07) is 10.9. The Labute approximate surface area is 146 Å². The minimum atomic E-state index is -0.387. The molecule has 2 aromatic heterocycles. The average molecular weight is 352 g/mol. The highest BCUT2D eigenvalue weighted by atomic mass is 19.1. The van der Waals surface area contributed by atoms with Crippen LogP contribution in [0, 0.1) is 12.7 Å². The number of ether oxygens (including phenoxy) is 1. The molecular formula is C18H13FN4O3. The minimum absolute atomic E-state index is 0.0118. The number of nitrogens with one attached hydrogen (secondary N) is 1. The number of nitrogens with zero attached hydrogens (tertiary/aromatic N) is 3. The summed E-state index contributed by atoms with van der Waals surface area (Å²) in [6.07, 6.45) is 0. The Bertz CT molecular complexity index is 1120. The molecule has 0 amide bonds. The lowest BCUT2D eigenvalue weighted by molar-refractivity contribution is 0.288. The molecule has 8 heteroatoms. The van der Waals surface area contributed by atoms with Crippen LogP contribution in [-0.2, 0) is 6.61 Å². The van der Waals surface area contributed by atoms with Crippen molar-refractivity contribution in [3.8, 4) is 17.1 Å². The molecular weight excluding hydrogens is 339 g/mol. The van der Waals surface area contributed by atoms with Crippen molar-refractivity contribution in [2.75, 3.05) is 0 Å². The SMILES string of the molecule is Cc1ccc2c(=O)c(OCc3nn[nH]n3)c(-c3ccc(F)cc3)oc2c1. The zero-order valence-corrected chi connectivity index (χ0v) is 13.7. The molecule has 0 saturated carbocycles. The number of benzene rings is 2. The lowest BCUT2D eigenvalue weighted by Crippen LogP contribution is -2.11. The Kier molecular flexibility index (Phi) is 3.92. The molecule has 2 heterocycles. The first-order valence-corrected chi connectivity index (χ1v) is 7.80. The van der Waals surface area contributed by atoms with Crippen molar-refractivity contribution in [3.05, 3.63) is 69.9 Å². The summed E-state index contributed by atoms with van der Waals surface area (Å²) < 4.78 is 24.9. The maximum Gasteiger partial charge on any atom is 0.235 e. The molecule has 0 spiro atoms. The van der Waals surface area contributed by atoms with Gasteiger partial charge in [0.05, 0.1) is 5.39 Å². The van der Waals surface area contributed by atoms with Crippen LogP contribution in [0.3, 0.4) is 0 Å². The molecule has 26 heavy (non-hydrogen) atoms. The second-order valence-corrected chi connectivity index (χ2v) is 5.71. The zero-order chi connectivity index (χ0) is 18.1. The van der Waals surface area contributed by atoms with E-state index < -0.39 is 0 Å². The molecule has 0 radical (unpaired) electrons. The molecule has 0 bridgehead atoms. The molecule has 0 atom stereocenters. The van der Waals surface area contributed by atoms with E-state index in [0.717, 1.165) is 5.56 Å². The lowest BCUT2D eigenvalue weighted by atomic mass is 10.1. The summed E-state index contributed by atoms with van der Waals surface area (Å²) in [5.74, 6) is 0.134. The first-order chi connectivity index (χ1) is 12.6. The van der Waals surface area contributed by atoms with E-state index in [2.05, 4.69) is 20.6 Å². The Morgan fingerprint density at radius 3 is 2.73 bits per heavy atom. The largest absolute Gasteiger partial charge is 0.478 e. The van der Waals surface area contributed by atoms with Gasteiger partial charge in [0.1, 0.15) is 11.4 Å². The van der Waals surface area contributed by atoms with Gasteiger partial charge < -0.3 is 9.15 Å². The third kappa shape index (κ3) is 2.92. The average Bonchev–Trinajstić information content (AvgIpc) is 3.15. The highest BCUT2D eigenvalue weighted by molar-refractivity contribution is 5.82. The van der Waals surface area contributed by atoms with Gasteiger partial charge in [-0.25, -0.2) is 4.39 Å². The van der Waals surface area contributed by atoms with Crippen LogP contribution in [0.4, 0.5) is 4.39 Å². The molecule has 4 aromatic rings. The fourth-order valence-corrected chi connectivity index (χ4v) is 2.59. The molecule has 0 unspecified atom stereocenters. The molecule has 0 aliphatic rings. The summed E-state index contributed by atoms with van der Waals surface area (Å²) in [5, 5.41) is 13.7. The van der Waals surface area contributed by atoms with Crippen LogP contribution in [0.25, 0.3) is 22.3 Å². The van der Waals surface area contributed by atoms with Crippen LogP contribution in [-0.4, -0.2) is 20.6 Å². The topological polar surface area (TPSA) is 93.9 Å². The Morgan fingerprint density at radius 2 is 2.00 bits per heavy atom. The number of hydrogen-bond acceptors (Lipinski definition) is 6. The molecule has 4 rings (SSSR count). The molecule has 2 aromatic carbocycles. The normalized spacial score (nSPS) is 11.0. The van der Waals surface area contributed by atoms with Crippen molar-refractivity contribution in [2.24, 2.45) is 0 Å².